The first-order valence-electron chi connectivity index (χ1n) is 6.03. The normalized spacial score (nSPS) is 13.1. The molecule has 3 rings (SSSR count). The molecule has 6 nitrogen and oxygen atoms in total. The number of fused-ring (bicyclic) bond motifs is 1. The topological polar surface area (TPSA) is 65.4 Å². The Kier molecular flexibility index (Phi) is 3.23. The highest BCUT2D eigenvalue weighted by atomic mass is 35.5. The van der Waals surface area contributed by atoms with Gasteiger partial charge in [0.15, 0.2) is 17.2 Å². The summed E-state index contributed by atoms with van der Waals surface area (Å²) >= 11 is 5.93. The fourth-order valence-electron chi connectivity index (χ4n) is 1.92. The molecule has 0 unspecified atom stereocenters. The standard InChI is InChI=1S/C13H12ClN3O3/c1-17-7-9(14)12(16-17)13(18)15-8-2-3-10-11(6-8)20-5-4-19-10/h2-3,6-7H,4-5H2,1H3,(H,15,18). The minimum Gasteiger partial charge on any atom is -0.486 e. The molecule has 2 heterocycles. The second kappa shape index (κ2) is 5.05. The van der Waals surface area contributed by atoms with Crippen molar-refractivity contribution in [3.63, 3.8) is 0 Å². The maximum atomic E-state index is 12.1. The first-order valence-corrected chi connectivity index (χ1v) is 6.41. The van der Waals surface area contributed by atoms with Crippen molar-refractivity contribution >= 4 is 23.2 Å². The Balaban J connectivity index is 1.81. The highest BCUT2D eigenvalue weighted by molar-refractivity contribution is 6.34. The van der Waals surface area contributed by atoms with Crippen LogP contribution in [0.15, 0.2) is 24.4 Å². The SMILES string of the molecule is Cn1cc(Cl)c(C(=O)Nc2ccc3c(c2)OCCO3)n1. The number of rotatable bonds is 2. The first kappa shape index (κ1) is 12.8. The maximum absolute atomic E-state index is 12.1. The van der Waals surface area contributed by atoms with E-state index in [1.165, 1.54) is 4.68 Å². The summed E-state index contributed by atoms with van der Waals surface area (Å²) < 4.78 is 12.4. The van der Waals surface area contributed by atoms with Gasteiger partial charge >= 0.3 is 0 Å². The molecule has 2 aromatic rings. The van der Waals surface area contributed by atoms with Gasteiger partial charge in [0.25, 0.3) is 5.91 Å². The predicted octanol–water partition coefficient (Wildman–Crippen LogP) is 2.10. The van der Waals surface area contributed by atoms with Crippen molar-refractivity contribution in [1.29, 1.82) is 0 Å². The lowest BCUT2D eigenvalue weighted by atomic mass is 10.2. The average molecular weight is 294 g/mol. The van der Waals surface area contributed by atoms with Gasteiger partial charge < -0.3 is 14.8 Å². The molecule has 104 valence electrons. The van der Waals surface area contributed by atoms with E-state index in [-0.39, 0.29) is 11.6 Å². The zero-order valence-corrected chi connectivity index (χ0v) is 11.5. The summed E-state index contributed by atoms with van der Waals surface area (Å²) in [5.74, 6) is 0.915. The number of carbonyl (C=O) groups excluding carboxylic acids is 1. The van der Waals surface area contributed by atoms with Crippen LogP contribution in [-0.4, -0.2) is 28.9 Å². The lowest BCUT2D eigenvalue weighted by Gasteiger charge is -2.18. The van der Waals surface area contributed by atoms with Crippen molar-refractivity contribution in [1.82, 2.24) is 9.78 Å². The average Bonchev–Trinajstić information content (AvgIpc) is 2.78. The van der Waals surface area contributed by atoms with E-state index in [9.17, 15) is 4.79 Å². The molecule has 1 amide bonds. The van der Waals surface area contributed by atoms with Gasteiger partial charge in [0.05, 0.1) is 5.02 Å². The monoisotopic (exact) mass is 293 g/mol. The Bertz CT molecular complexity index is 669. The van der Waals surface area contributed by atoms with Gasteiger partial charge in [-0.1, -0.05) is 11.6 Å². The molecule has 1 aromatic heterocycles. The number of aryl methyl sites for hydroxylation is 1. The first-order chi connectivity index (χ1) is 9.63. The third-order valence-electron chi connectivity index (χ3n) is 2.80. The molecule has 0 saturated carbocycles. The van der Waals surface area contributed by atoms with E-state index >= 15 is 0 Å². The largest absolute Gasteiger partial charge is 0.486 e. The maximum Gasteiger partial charge on any atom is 0.277 e. The fraction of sp³-hybridized carbons (Fsp3) is 0.231. The number of ether oxygens (including phenoxy) is 2. The highest BCUT2D eigenvalue weighted by Crippen LogP contribution is 2.32. The molecular formula is C13H12ClN3O3. The van der Waals surface area contributed by atoms with Gasteiger partial charge in [-0.05, 0) is 12.1 Å². The quantitative estimate of drug-likeness (QED) is 0.921. The summed E-state index contributed by atoms with van der Waals surface area (Å²) in [7, 11) is 1.70. The van der Waals surface area contributed by atoms with Gasteiger partial charge in [-0.25, -0.2) is 0 Å². The van der Waals surface area contributed by atoms with E-state index in [1.807, 2.05) is 0 Å². The Morgan fingerprint density at radius 3 is 2.80 bits per heavy atom. The summed E-state index contributed by atoms with van der Waals surface area (Å²) in [6.45, 7) is 1.03. The van der Waals surface area contributed by atoms with E-state index in [1.54, 1.807) is 31.4 Å². The van der Waals surface area contributed by atoms with Crippen LogP contribution in [0.1, 0.15) is 10.5 Å². The van der Waals surface area contributed by atoms with Gasteiger partial charge in [0.1, 0.15) is 13.2 Å². The second-order valence-corrected chi connectivity index (χ2v) is 4.72. The van der Waals surface area contributed by atoms with Crippen LogP contribution in [0.25, 0.3) is 0 Å². The molecule has 0 atom stereocenters. The van der Waals surface area contributed by atoms with Gasteiger partial charge in [-0.3, -0.25) is 9.48 Å². The van der Waals surface area contributed by atoms with Crippen LogP contribution in [0.4, 0.5) is 5.69 Å². The summed E-state index contributed by atoms with van der Waals surface area (Å²) in [6, 6.07) is 5.20. The van der Waals surface area contributed by atoms with E-state index in [0.717, 1.165) is 0 Å². The van der Waals surface area contributed by atoms with Crippen molar-refractivity contribution in [3.8, 4) is 11.5 Å². The number of carbonyl (C=O) groups is 1. The number of aromatic nitrogens is 2. The Hall–Kier alpha value is -2.21. The van der Waals surface area contributed by atoms with Crippen LogP contribution >= 0.6 is 11.6 Å². The van der Waals surface area contributed by atoms with E-state index in [2.05, 4.69) is 10.4 Å². The number of hydrogen-bond acceptors (Lipinski definition) is 4. The third kappa shape index (κ3) is 2.42. The Morgan fingerprint density at radius 1 is 1.35 bits per heavy atom. The van der Waals surface area contributed by atoms with Crippen molar-refractivity contribution < 1.29 is 14.3 Å². The van der Waals surface area contributed by atoms with Crippen LogP contribution < -0.4 is 14.8 Å². The lowest BCUT2D eigenvalue weighted by Crippen LogP contribution is -2.17. The molecular weight excluding hydrogens is 282 g/mol. The van der Waals surface area contributed by atoms with Crippen LogP contribution in [-0.2, 0) is 7.05 Å². The summed E-state index contributed by atoms with van der Waals surface area (Å²) in [5.41, 5.74) is 0.782. The number of amides is 1. The predicted molar refractivity (Wildman–Crippen MR) is 73.6 cm³/mol. The van der Waals surface area contributed by atoms with E-state index in [0.29, 0.717) is 35.4 Å². The van der Waals surface area contributed by atoms with E-state index in [4.69, 9.17) is 21.1 Å². The molecule has 0 radical (unpaired) electrons. The zero-order chi connectivity index (χ0) is 14.1. The van der Waals surface area contributed by atoms with Crippen molar-refractivity contribution in [3.05, 3.63) is 35.1 Å². The second-order valence-electron chi connectivity index (χ2n) is 4.31. The number of anilines is 1. The van der Waals surface area contributed by atoms with Gasteiger partial charge in [-0.2, -0.15) is 5.10 Å². The molecule has 1 aromatic carbocycles. The third-order valence-corrected chi connectivity index (χ3v) is 3.08. The highest BCUT2D eigenvalue weighted by Gasteiger charge is 2.17. The summed E-state index contributed by atoms with van der Waals surface area (Å²) in [4.78, 5) is 12.1. The fourth-order valence-corrected chi connectivity index (χ4v) is 2.19. The number of nitrogens with zero attached hydrogens (tertiary/aromatic N) is 2. The van der Waals surface area contributed by atoms with E-state index < -0.39 is 0 Å². The molecule has 0 saturated heterocycles. The van der Waals surface area contributed by atoms with Gasteiger partial charge in [0.2, 0.25) is 0 Å². The van der Waals surface area contributed by atoms with Crippen LogP contribution in [0.5, 0.6) is 11.5 Å². The van der Waals surface area contributed by atoms with Crippen LogP contribution in [0.3, 0.4) is 0 Å². The molecule has 1 aliphatic rings. The van der Waals surface area contributed by atoms with Gasteiger partial charge in [0, 0.05) is 25.0 Å². The van der Waals surface area contributed by atoms with Gasteiger partial charge in [-0.15, -0.1) is 0 Å². The van der Waals surface area contributed by atoms with Crippen molar-refractivity contribution in [2.24, 2.45) is 7.05 Å². The molecule has 20 heavy (non-hydrogen) atoms. The van der Waals surface area contributed by atoms with Crippen molar-refractivity contribution in [2.75, 3.05) is 18.5 Å². The Morgan fingerprint density at radius 2 is 2.10 bits per heavy atom. The van der Waals surface area contributed by atoms with Crippen LogP contribution in [0, 0.1) is 0 Å². The lowest BCUT2D eigenvalue weighted by molar-refractivity contribution is 0.102. The molecule has 1 N–H and O–H groups in total. The number of hydrogen-bond donors (Lipinski definition) is 1. The zero-order valence-electron chi connectivity index (χ0n) is 10.7. The number of benzene rings is 1. The summed E-state index contributed by atoms with van der Waals surface area (Å²) in [6.07, 6.45) is 1.57. The van der Waals surface area contributed by atoms with Crippen molar-refractivity contribution in [2.45, 2.75) is 0 Å². The smallest absolute Gasteiger partial charge is 0.277 e. The summed E-state index contributed by atoms with van der Waals surface area (Å²) in [5, 5.41) is 7.05. The minimum absolute atomic E-state index is 0.184. The molecule has 1 aliphatic heterocycles. The Labute approximate surface area is 120 Å². The molecule has 0 fully saturated rings. The minimum atomic E-state index is -0.368. The number of nitrogens with one attached hydrogen (secondary N) is 1. The van der Waals surface area contributed by atoms with Crippen LogP contribution in [0.2, 0.25) is 5.02 Å². The molecule has 0 spiro atoms. The number of halogens is 1. The molecule has 7 heteroatoms. The molecule has 0 bridgehead atoms. The molecule has 0 aliphatic carbocycles.